The van der Waals surface area contributed by atoms with Gasteiger partial charge in [0.2, 0.25) is 6.71 Å². The summed E-state index contributed by atoms with van der Waals surface area (Å²) in [5, 5.41) is 0. The van der Waals surface area contributed by atoms with Crippen molar-refractivity contribution in [1.29, 1.82) is 0 Å². The molecule has 0 atom stereocenters. The molecule has 0 amide bonds. The van der Waals surface area contributed by atoms with Crippen molar-refractivity contribution >= 4 is 57.2 Å². The second-order valence-electron chi connectivity index (χ2n) is 16.3. The van der Waals surface area contributed by atoms with E-state index in [9.17, 15) is 0 Å². The van der Waals surface area contributed by atoms with Crippen LogP contribution in [0, 0.1) is 0 Å². The lowest BCUT2D eigenvalue weighted by atomic mass is 9.30. The summed E-state index contributed by atoms with van der Waals surface area (Å²) in [6.07, 6.45) is 0. The third kappa shape index (κ3) is 4.02. The number of hydrogen-bond acceptors (Lipinski definition) is 2. The van der Waals surface area contributed by atoms with Crippen molar-refractivity contribution in [3.8, 4) is 0 Å². The number of rotatable bonds is 2. The Kier molecular flexibility index (Phi) is 6.70. The monoisotopic (exact) mass is 748 g/mol. The summed E-state index contributed by atoms with van der Waals surface area (Å²) in [6.45, 7) is 0.104. The molecular weight excluding hydrogens is 711 g/mol. The van der Waals surface area contributed by atoms with Crippen LogP contribution in [0.2, 0.25) is 0 Å². The van der Waals surface area contributed by atoms with Crippen LogP contribution in [0.5, 0.6) is 0 Å². The molecule has 0 saturated heterocycles. The number of fused-ring (bicyclic) bond motifs is 16. The molecule has 0 saturated carbocycles. The van der Waals surface area contributed by atoms with E-state index in [2.05, 4.69) is 234 Å². The molecule has 0 radical (unpaired) electrons. The molecule has 9 aromatic rings. The first kappa shape index (κ1) is 32.7. The van der Waals surface area contributed by atoms with Crippen molar-refractivity contribution < 1.29 is 0 Å². The molecule has 4 aliphatic rings. The van der Waals surface area contributed by atoms with Gasteiger partial charge >= 0.3 is 0 Å². The van der Waals surface area contributed by atoms with Gasteiger partial charge in [-0.05, 0) is 80.9 Å². The van der Waals surface area contributed by atoms with E-state index in [0.29, 0.717) is 0 Å². The van der Waals surface area contributed by atoms with Crippen molar-refractivity contribution in [2.45, 2.75) is 10.8 Å². The predicted octanol–water partition coefficient (Wildman–Crippen LogP) is 11.2. The zero-order chi connectivity index (χ0) is 38.7. The van der Waals surface area contributed by atoms with Crippen molar-refractivity contribution in [3.05, 3.63) is 269 Å². The molecule has 2 nitrogen and oxygen atoms in total. The average Bonchev–Trinajstić information content (AvgIpc) is 3.31. The van der Waals surface area contributed by atoms with E-state index in [1.807, 2.05) is 0 Å². The van der Waals surface area contributed by atoms with Gasteiger partial charge in [0.05, 0.1) is 39.3 Å². The fourth-order valence-electron chi connectivity index (χ4n) is 11.8. The van der Waals surface area contributed by atoms with Crippen LogP contribution in [-0.4, -0.2) is 6.71 Å². The molecule has 0 aliphatic carbocycles. The predicted molar refractivity (Wildman–Crippen MR) is 244 cm³/mol. The SMILES string of the molecule is c1ccc(B2c3ccccc3C3(c4ccccc42)c2ccccc2N2c4ccccc4C4(c5ccccc5N(c5ccccc5)c5ccccc54)c4cccc3c42)cc1. The fourth-order valence-corrected chi connectivity index (χ4v) is 11.8. The van der Waals surface area contributed by atoms with E-state index in [-0.39, 0.29) is 6.71 Å². The number of para-hydroxylation sites is 6. The lowest BCUT2D eigenvalue weighted by Crippen LogP contribution is -2.62. The van der Waals surface area contributed by atoms with Gasteiger partial charge in [0, 0.05) is 5.69 Å². The second kappa shape index (κ2) is 12.1. The van der Waals surface area contributed by atoms with Gasteiger partial charge < -0.3 is 9.80 Å². The summed E-state index contributed by atoms with van der Waals surface area (Å²) in [7, 11) is 0. The Morgan fingerprint density at radius 1 is 0.271 bits per heavy atom. The van der Waals surface area contributed by atoms with Crippen LogP contribution in [-0.2, 0) is 10.8 Å². The van der Waals surface area contributed by atoms with E-state index in [0.717, 1.165) is 5.69 Å². The maximum Gasteiger partial charge on any atom is 0.242 e. The maximum atomic E-state index is 2.61. The smallest absolute Gasteiger partial charge is 0.242 e. The van der Waals surface area contributed by atoms with E-state index in [1.165, 1.54) is 89.3 Å². The zero-order valence-corrected chi connectivity index (χ0v) is 32.3. The summed E-state index contributed by atoms with van der Waals surface area (Å²) < 4.78 is 0. The molecule has 4 heterocycles. The standard InChI is InChI=1S/C56H37BN2/c1-3-20-38(21-4-1)57-48-32-13-7-24-40(48)55(41-25-8-14-33-49(41)57)44-28-11-17-36-52(44)59-53-37-18-12-29-45(53)56(47-31-19-30-46(55)54(47)59)42-26-9-15-34-50(42)58(39-22-5-2-6-23-39)51-35-16-10-27-43(51)56/h1-37H. The highest BCUT2D eigenvalue weighted by atomic mass is 15.2. The Bertz CT molecular complexity index is 2810. The Hall–Kier alpha value is -7.36. The zero-order valence-electron chi connectivity index (χ0n) is 32.3. The number of benzene rings is 9. The Morgan fingerprint density at radius 2 is 0.610 bits per heavy atom. The van der Waals surface area contributed by atoms with Crippen LogP contribution in [0.25, 0.3) is 0 Å². The van der Waals surface area contributed by atoms with Crippen molar-refractivity contribution in [3.63, 3.8) is 0 Å². The molecule has 59 heavy (non-hydrogen) atoms. The molecule has 3 heteroatoms. The van der Waals surface area contributed by atoms with E-state index in [1.54, 1.807) is 0 Å². The van der Waals surface area contributed by atoms with Crippen LogP contribution >= 0.6 is 0 Å². The van der Waals surface area contributed by atoms with Gasteiger partial charge in [0.1, 0.15) is 0 Å². The average molecular weight is 749 g/mol. The molecule has 0 unspecified atom stereocenters. The van der Waals surface area contributed by atoms with Crippen LogP contribution < -0.4 is 26.2 Å². The largest absolute Gasteiger partial charge is 0.310 e. The number of anilines is 6. The van der Waals surface area contributed by atoms with Gasteiger partial charge in [0.15, 0.2) is 0 Å². The Labute approximate surface area is 345 Å². The molecule has 9 aromatic carbocycles. The number of nitrogens with zero attached hydrogens (tertiary/aromatic N) is 2. The van der Waals surface area contributed by atoms with Gasteiger partial charge in [-0.3, -0.25) is 0 Å². The highest BCUT2D eigenvalue weighted by Gasteiger charge is 2.58. The first-order chi connectivity index (χ1) is 29.3. The summed E-state index contributed by atoms with van der Waals surface area (Å²) in [5.41, 5.74) is 20.5. The first-order valence-electron chi connectivity index (χ1n) is 20.7. The normalized spacial score (nSPS) is 15.3. The maximum absolute atomic E-state index is 2.61. The quantitative estimate of drug-likeness (QED) is 0.163. The molecular formula is C56H37BN2. The molecule has 0 N–H and O–H groups in total. The van der Waals surface area contributed by atoms with Crippen molar-refractivity contribution in [1.82, 2.24) is 0 Å². The summed E-state index contributed by atoms with van der Waals surface area (Å²) in [4.78, 5) is 5.07. The van der Waals surface area contributed by atoms with E-state index < -0.39 is 10.8 Å². The molecule has 13 rings (SSSR count). The fraction of sp³-hybridized carbons (Fsp3) is 0.0357. The van der Waals surface area contributed by atoms with Crippen LogP contribution in [0.4, 0.5) is 34.1 Å². The van der Waals surface area contributed by atoms with Crippen LogP contribution in [0.15, 0.2) is 224 Å². The highest BCUT2D eigenvalue weighted by Crippen LogP contribution is 2.68. The molecule has 0 bridgehead atoms. The molecule has 0 fully saturated rings. The Balaban J connectivity index is 1.20. The lowest BCUT2D eigenvalue weighted by molar-refractivity contribution is 0.686. The Morgan fingerprint density at radius 3 is 1.08 bits per heavy atom. The van der Waals surface area contributed by atoms with Crippen LogP contribution in [0.1, 0.15) is 44.5 Å². The lowest BCUT2D eigenvalue weighted by Gasteiger charge is -2.56. The molecule has 0 aromatic heterocycles. The second-order valence-corrected chi connectivity index (χ2v) is 16.3. The van der Waals surface area contributed by atoms with Crippen LogP contribution in [0.3, 0.4) is 0 Å². The topological polar surface area (TPSA) is 6.48 Å². The third-order valence-corrected chi connectivity index (χ3v) is 13.8. The van der Waals surface area contributed by atoms with Gasteiger partial charge in [-0.15, -0.1) is 0 Å². The van der Waals surface area contributed by atoms with Gasteiger partial charge in [0.25, 0.3) is 0 Å². The first-order valence-corrected chi connectivity index (χ1v) is 20.7. The van der Waals surface area contributed by atoms with Crippen molar-refractivity contribution in [2.75, 3.05) is 9.80 Å². The minimum absolute atomic E-state index is 0.104. The summed E-state index contributed by atoms with van der Waals surface area (Å²) in [5.74, 6) is 0. The van der Waals surface area contributed by atoms with Gasteiger partial charge in [-0.2, -0.15) is 0 Å². The van der Waals surface area contributed by atoms with Crippen molar-refractivity contribution in [2.24, 2.45) is 0 Å². The minimum Gasteiger partial charge on any atom is -0.310 e. The minimum atomic E-state index is -0.620. The summed E-state index contributed by atoms with van der Waals surface area (Å²) in [6, 6.07) is 84.4. The van der Waals surface area contributed by atoms with Gasteiger partial charge in [-0.1, -0.05) is 204 Å². The molecule has 2 spiro atoms. The molecule has 4 aliphatic heterocycles. The molecule has 274 valence electrons. The number of hydrogen-bond donors (Lipinski definition) is 0. The highest BCUT2D eigenvalue weighted by molar-refractivity contribution is 6.96. The van der Waals surface area contributed by atoms with E-state index >= 15 is 0 Å². The summed E-state index contributed by atoms with van der Waals surface area (Å²) >= 11 is 0. The van der Waals surface area contributed by atoms with E-state index in [4.69, 9.17) is 0 Å². The van der Waals surface area contributed by atoms with Gasteiger partial charge in [-0.25, -0.2) is 0 Å². The third-order valence-electron chi connectivity index (χ3n) is 13.8.